The number of hydrogen-bond acceptors (Lipinski definition) is 3. The summed E-state index contributed by atoms with van der Waals surface area (Å²) in [5, 5.41) is 3.47. The van der Waals surface area contributed by atoms with Crippen molar-refractivity contribution in [2.75, 3.05) is 20.3 Å². The van der Waals surface area contributed by atoms with Crippen molar-refractivity contribution in [3.05, 3.63) is 27.7 Å². The summed E-state index contributed by atoms with van der Waals surface area (Å²) in [5.41, 5.74) is 2.62. The summed E-state index contributed by atoms with van der Waals surface area (Å²) in [6.45, 7) is 3.68. The lowest BCUT2D eigenvalue weighted by atomic mass is 9.96. The van der Waals surface area contributed by atoms with Gasteiger partial charge in [-0.1, -0.05) is 15.9 Å². The van der Waals surface area contributed by atoms with E-state index in [2.05, 4.69) is 40.3 Å². The van der Waals surface area contributed by atoms with Gasteiger partial charge in [0.05, 0.1) is 12.7 Å². The molecule has 0 saturated heterocycles. The van der Waals surface area contributed by atoms with E-state index < -0.39 is 0 Å². The van der Waals surface area contributed by atoms with E-state index in [4.69, 9.17) is 9.47 Å². The summed E-state index contributed by atoms with van der Waals surface area (Å²) in [5.74, 6) is 1.83. The summed E-state index contributed by atoms with van der Waals surface area (Å²) in [7, 11) is 2.04. The zero-order chi connectivity index (χ0) is 14.8. The molecule has 2 unspecified atom stereocenters. The largest absolute Gasteiger partial charge is 0.493 e. The molecule has 4 heteroatoms. The highest BCUT2D eigenvalue weighted by Gasteiger charge is 2.37. The second-order valence-electron chi connectivity index (χ2n) is 6.01. The van der Waals surface area contributed by atoms with Crippen LogP contribution in [0.25, 0.3) is 0 Å². The van der Waals surface area contributed by atoms with Crippen LogP contribution in [0.4, 0.5) is 0 Å². The first-order valence-electron chi connectivity index (χ1n) is 7.96. The maximum atomic E-state index is 6.03. The second kappa shape index (κ2) is 6.67. The van der Waals surface area contributed by atoms with Gasteiger partial charge in [0.25, 0.3) is 0 Å². The molecule has 0 radical (unpaired) electrons. The van der Waals surface area contributed by atoms with E-state index in [0.29, 0.717) is 12.1 Å². The molecule has 116 valence electrons. The molecule has 1 N–H and O–H groups in total. The molecule has 3 rings (SSSR count). The Kier molecular flexibility index (Phi) is 4.87. The third-order valence-corrected chi connectivity index (χ3v) is 4.94. The number of ether oxygens (including phenoxy) is 2. The molecule has 0 bridgehead atoms. The van der Waals surface area contributed by atoms with Crippen LogP contribution in [0.1, 0.15) is 30.9 Å². The Balaban J connectivity index is 1.80. The highest BCUT2D eigenvalue weighted by molar-refractivity contribution is 9.10. The fraction of sp³-hybridized carbons (Fsp3) is 0.647. The van der Waals surface area contributed by atoms with E-state index >= 15 is 0 Å². The van der Waals surface area contributed by atoms with Gasteiger partial charge in [0.1, 0.15) is 5.75 Å². The van der Waals surface area contributed by atoms with Crippen molar-refractivity contribution in [1.82, 2.24) is 5.32 Å². The molecule has 1 aromatic rings. The van der Waals surface area contributed by atoms with E-state index in [1.165, 1.54) is 24.0 Å². The van der Waals surface area contributed by atoms with Crippen LogP contribution >= 0.6 is 15.9 Å². The van der Waals surface area contributed by atoms with Crippen LogP contribution in [-0.4, -0.2) is 32.4 Å². The van der Waals surface area contributed by atoms with E-state index in [9.17, 15) is 0 Å². The highest BCUT2D eigenvalue weighted by atomic mass is 79.9. The third-order valence-electron chi connectivity index (χ3n) is 4.48. The third kappa shape index (κ3) is 3.43. The predicted molar refractivity (Wildman–Crippen MR) is 88.0 cm³/mol. The molecule has 1 aliphatic carbocycles. The summed E-state index contributed by atoms with van der Waals surface area (Å²) < 4.78 is 13.0. The van der Waals surface area contributed by atoms with Gasteiger partial charge in [-0.2, -0.15) is 0 Å². The minimum atomic E-state index is 0.316. The van der Waals surface area contributed by atoms with Crippen LogP contribution in [0.2, 0.25) is 0 Å². The van der Waals surface area contributed by atoms with Crippen LogP contribution in [-0.2, 0) is 17.6 Å². The van der Waals surface area contributed by atoms with Gasteiger partial charge in [-0.15, -0.1) is 0 Å². The Labute approximate surface area is 135 Å². The minimum absolute atomic E-state index is 0.316. The fourth-order valence-electron chi connectivity index (χ4n) is 3.32. The number of nitrogens with one attached hydrogen (secondary N) is 1. The Morgan fingerprint density at radius 3 is 2.90 bits per heavy atom. The van der Waals surface area contributed by atoms with Crippen LogP contribution in [0.3, 0.4) is 0 Å². The lowest BCUT2D eigenvalue weighted by Gasteiger charge is -2.27. The van der Waals surface area contributed by atoms with Crippen molar-refractivity contribution in [2.45, 2.75) is 44.8 Å². The standard InChI is InChI=1S/C17H24BrNO2/c1-3-20-17(11-4-5-11)15(19-2)10-13-9-14(18)8-12-6-7-21-16(12)13/h8-9,11,15,17,19H,3-7,10H2,1-2H3. The first-order valence-corrected chi connectivity index (χ1v) is 8.75. The van der Waals surface area contributed by atoms with E-state index in [1.54, 1.807) is 0 Å². The molecule has 2 atom stereocenters. The number of halogens is 1. The normalized spacial score (nSPS) is 20.0. The van der Waals surface area contributed by atoms with Crippen LogP contribution in [0.15, 0.2) is 16.6 Å². The molecule has 2 aliphatic rings. The monoisotopic (exact) mass is 353 g/mol. The molecule has 0 aromatic heterocycles. The minimum Gasteiger partial charge on any atom is -0.493 e. The van der Waals surface area contributed by atoms with Crippen molar-refractivity contribution in [2.24, 2.45) is 5.92 Å². The Morgan fingerprint density at radius 2 is 2.24 bits per heavy atom. The first-order chi connectivity index (χ1) is 10.2. The number of fused-ring (bicyclic) bond motifs is 1. The Hall–Kier alpha value is -0.580. The van der Waals surface area contributed by atoms with Crippen molar-refractivity contribution in [3.63, 3.8) is 0 Å². The van der Waals surface area contributed by atoms with Crippen LogP contribution in [0.5, 0.6) is 5.75 Å². The number of benzene rings is 1. The fourth-order valence-corrected chi connectivity index (χ4v) is 3.87. The Morgan fingerprint density at radius 1 is 1.43 bits per heavy atom. The van der Waals surface area contributed by atoms with Crippen LogP contribution in [0, 0.1) is 5.92 Å². The molecule has 3 nitrogen and oxygen atoms in total. The molecule has 21 heavy (non-hydrogen) atoms. The lowest BCUT2D eigenvalue weighted by Crippen LogP contribution is -2.42. The smallest absolute Gasteiger partial charge is 0.125 e. The van der Waals surface area contributed by atoms with Gasteiger partial charge in [0.15, 0.2) is 0 Å². The summed E-state index contributed by atoms with van der Waals surface area (Å²) in [6.07, 6.45) is 4.89. The summed E-state index contributed by atoms with van der Waals surface area (Å²) >= 11 is 3.63. The molecule has 0 amide bonds. The molecule has 0 spiro atoms. The molecule has 1 saturated carbocycles. The topological polar surface area (TPSA) is 30.5 Å². The quantitative estimate of drug-likeness (QED) is 0.815. The van der Waals surface area contributed by atoms with Gasteiger partial charge >= 0.3 is 0 Å². The maximum Gasteiger partial charge on any atom is 0.125 e. The SMILES string of the molecule is CCOC(C1CC1)C(Cc1cc(Br)cc2c1OCC2)NC. The lowest BCUT2D eigenvalue weighted by molar-refractivity contribution is 0.0210. The maximum absolute atomic E-state index is 6.03. The van der Waals surface area contributed by atoms with Gasteiger partial charge in [-0.05, 0) is 62.4 Å². The molecule has 1 aromatic carbocycles. The molecule has 1 aliphatic heterocycles. The summed E-state index contributed by atoms with van der Waals surface area (Å²) in [4.78, 5) is 0. The average Bonchev–Trinajstić information content (AvgIpc) is 3.20. The molecular formula is C17H24BrNO2. The molecule has 1 heterocycles. The van der Waals surface area contributed by atoms with Gasteiger partial charge in [-0.3, -0.25) is 0 Å². The van der Waals surface area contributed by atoms with Crippen molar-refractivity contribution >= 4 is 15.9 Å². The van der Waals surface area contributed by atoms with Gasteiger partial charge in [-0.25, -0.2) is 0 Å². The number of likely N-dealkylation sites (N-methyl/N-ethyl adjacent to an activating group) is 1. The first kappa shape index (κ1) is 15.3. The molecular weight excluding hydrogens is 330 g/mol. The van der Waals surface area contributed by atoms with Crippen molar-refractivity contribution < 1.29 is 9.47 Å². The van der Waals surface area contributed by atoms with Gasteiger partial charge < -0.3 is 14.8 Å². The number of hydrogen-bond donors (Lipinski definition) is 1. The zero-order valence-corrected chi connectivity index (χ0v) is 14.4. The van der Waals surface area contributed by atoms with E-state index in [-0.39, 0.29) is 0 Å². The van der Waals surface area contributed by atoms with E-state index in [0.717, 1.165) is 42.2 Å². The van der Waals surface area contributed by atoms with Crippen molar-refractivity contribution in [3.8, 4) is 5.75 Å². The summed E-state index contributed by atoms with van der Waals surface area (Å²) in [6, 6.07) is 4.73. The Bertz CT molecular complexity index is 502. The average molecular weight is 354 g/mol. The van der Waals surface area contributed by atoms with Crippen LogP contribution < -0.4 is 10.1 Å². The van der Waals surface area contributed by atoms with Gasteiger partial charge in [0, 0.05) is 23.5 Å². The van der Waals surface area contributed by atoms with Crippen molar-refractivity contribution in [1.29, 1.82) is 0 Å². The van der Waals surface area contributed by atoms with Gasteiger partial charge in [0.2, 0.25) is 0 Å². The molecule has 1 fully saturated rings. The highest BCUT2D eigenvalue weighted by Crippen LogP contribution is 2.38. The second-order valence-corrected chi connectivity index (χ2v) is 6.92. The zero-order valence-electron chi connectivity index (χ0n) is 12.8. The number of rotatable bonds is 7. The van der Waals surface area contributed by atoms with E-state index in [1.807, 2.05) is 7.05 Å². The predicted octanol–water partition coefficient (Wildman–Crippen LogP) is 3.33.